The van der Waals surface area contributed by atoms with E-state index >= 15 is 0 Å². The van der Waals surface area contributed by atoms with Gasteiger partial charge in [0.15, 0.2) is 0 Å². The van der Waals surface area contributed by atoms with Crippen molar-refractivity contribution in [2.75, 3.05) is 33.2 Å². The zero-order valence-corrected chi connectivity index (χ0v) is 12.2. The maximum atomic E-state index is 3.52. The molecule has 2 heteroatoms. The largest absolute Gasteiger partial charge is 0.315 e. The van der Waals surface area contributed by atoms with Gasteiger partial charge in [0.1, 0.15) is 0 Å². The minimum atomic E-state index is 0.766. The normalized spacial score (nSPS) is 18.9. The Bertz CT molecular complexity index is 172. The van der Waals surface area contributed by atoms with Gasteiger partial charge < -0.3 is 10.2 Å². The van der Waals surface area contributed by atoms with Crippen molar-refractivity contribution in [1.82, 2.24) is 10.2 Å². The number of hydrogen-bond donors (Lipinski definition) is 1. The minimum Gasteiger partial charge on any atom is -0.315 e. The van der Waals surface area contributed by atoms with Crippen LogP contribution in [0.25, 0.3) is 0 Å². The van der Waals surface area contributed by atoms with E-state index in [4.69, 9.17) is 0 Å². The average Bonchev–Trinajstić information content (AvgIpc) is 2.53. The standard InChI is InChI=1S/C15H32N2/c1-14(2)12-16-10-11-17(3)13-15-8-6-4-5-7-9-15/h14-16H,4-13H2,1-3H3. The van der Waals surface area contributed by atoms with Gasteiger partial charge in [-0.1, -0.05) is 39.5 Å². The fraction of sp³-hybridized carbons (Fsp3) is 1.00. The molecule has 0 aromatic heterocycles. The molecule has 0 aromatic carbocycles. The van der Waals surface area contributed by atoms with Gasteiger partial charge in [-0.3, -0.25) is 0 Å². The van der Waals surface area contributed by atoms with Gasteiger partial charge in [0, 0.05) is 19.6 Å². The van der Waals surface area contributed by atoms with Crippen molar-refractivity contribution in [3.8, 4) is 0 Å². The van der Waals surface area contributed by atoms with Crippen molar-refractivity contribution in [3.63, 3.8) is 0 Å². The van der Waals surface area contributed by atoms with Crippen molar-refractivity contribution in [1.29, 1.82) is 0 Å². The van der Waals surface area contributed by atoms with E-state index in [9.17, 15) is 0 Å². The third-order valence-corrected chi connectivity index (χ3v) is 3.77. The van der Waals surface area contributed by atoms with Gasteiger partial charge in [-0.15, -0.1) is 0 Å². The second-order valence-electron chi connectivity index (χ2n) is 6.22. The fourth-order valence-corrected chi connectivity index (χ4v) is 2.74. The lowest BCUT2D eigenvalue weighted by atomic mass is 10.00. The Balaban J connectivity index is 2.04. The van der Waals surface area contributed by atoms with E-state index in [0.29, 0.717) is 0 Å². The first-order valence-corrected chi connectivity index (χ1v) is 7.57. The topological polar surface area (TPSA) is 15.3 Å². The lowest BCUT2D eigenvalue weighted by Crippen LogP contribution is -2.33. The SMILES string of the molecule is CC(C)CNCCN(C)CC1CCCCCC1. The first-order chi connectivity index (χ1) is 8.18. The molecule has 0 saturated heterocycles. The highest BCUT2D eigenvalue weighted by molar-refractivity contribution is 4.68. The molecule has 0 unspecified atom stereocenters. The molecule has 0 spiro atoms. The van der Waals surface area contributed by atoms with Crippen LogP contribution in [-0.4, -0.2) is 38.1 Å². The first kappa shape index (κ1) is 15.0. The Morgan fingerprint density at radius 3 is 2.35 bits per heavy atom. The average molecular weight is 240 g/mol. The molecule has 1 rings (SSSR count). The maximum absolute atomic E-state index is 3.52. The molecule has 0 aliphatic heterocycles. The summed E-state index contributed by atoms with van der Waals surface area (Å²) in [5, 5.41) is 3.52. The van der Waals surface area contributed by atoms with E-state index in [2.05, 4.69) is 31.1 Å². The monoisotopic (exact) mass is 240 g/mol. The van der Waals surface area contributed by atoms with Gasteiger partial charge in [-0.2, -0.15) is 0 Å². The van der Waals surface area contributed by atoms with Crippen molar-refractivity contribution in [3.05, 3.63) is 0 Å². The van der Waals surface area contributed by atoms with Crippen LogP contribution in [0, 0.1) is 11.8 Å². The predicted molar refractivity (Wildman–Crippen MR) is 76.4 cm³/mol. The van der Waals surface area contributed by atoms with E-state index in [1.54, 1.807) is 0 Å². The summed E-state index contributed by atoms with van der Waals surface area (Å²) in [5.41, 5.74) is 0. The van der Waals surface area contributed by atoms with Gasteiger partial charge >= 0.3 is 0 Å². The van der Waals surface area contributed by atoms with Crippen LogP contribution in [0.3, 0.4) is 0 Å². The lowest BCUT2D eigenvalue weighted by Gasteiger charge is -2.23. The number of rotatable bonds is 7. The molecule has 0 bridgehead atoms. The molecule has 2 nitrogen and oxygen atoms in total. The Morgan fingerprint density at radius 1 is 1.12 bits per heavy atom. The van der Waals surface area contributed by atoms with Crippen LogP contribution >= 0.6 is 0 Å². The highest BCUT2D eigenvalue weighted by Gasteiger charge is 2.13. The Labute approximate surface area is 108 Å². The Hall–Kier alpha value is -0.0800. The molecule has 0 amide bonds. The summed E-state index contributed by atoms with van der Waals surface area (Å²) in [6.45, 7) is 9.33. The molecule has 0 radical (unpaired) electrons. The summed E-state index contributed by atoms with van der Waals surface area (Å²) in [6, 6.07) is 0. The molecule has 0 aromatic rings. The van der Waals surface area contributed by atoms with E-state index in [0.717, 1.165) is 24.9 Å². The van der Waals surface area contributed by atoms with Gasteiger partial charge in [0.05, 0.1) is 0 Å². The zero-order valence-electron chi connectivity index (χ0n) is 12.2. The lowest BCUT2D eigenvalue weighted by molar-refractivity contribution is 0.259. The predicted octanol–water partition coefficient (Wildman–Crippen LogP) is 3.13. The second kappa shape index (κ2) is 8.93. The Morgan fingerprint density at radius 2 is 1.76 bits per heavy atom. The van der Waals surface area contributed by atoms with Crippen LogP contribution in [0.1, 0.15) is 52.4 Å². The van der Waals surface area contributed by atoms with E-state index in [1.807, 2.05) is 0 Å². The van der Waals surface area contributed by atoms with Gasteiger partial charge in [0.2, 0.25) is 0 Å². The van der Waals surface area contributed by atoms with Crippen molar-refractivity contribution in [2.45, 2.75) is 52.4 Å². The summed E-state index contributed by atoms with van der Waals surface area (Å²) >= 11 is 0. The van der Waals surface area contributed by atoms with Crippen molar-refractivity contribution in [2.24, 2.45) is 11.8 Å². The molecule has 0 heterocycles. The molecular weight excluding hydrogens is 208 g/mol. The molecule has 102 valence electrons. The fourth-order valence-electron chi connectivity index (χ4n) is 2.74. The molecule has 1 N–H and O–H groups in total. The summed E-state index contributed by atoms with van der Waals surface area (Å²) < 4.78 is 0. The molecule has 1 saturated carbocycles. The minimum absolute atomic E-state index is 0.766. The quantitative estimate of drug-likeness (QED) is 0.543. The highest BCUT2D eigenvalue weighted by Crippen LogP contribution is 2.23. The maximum Gasteiger partial charge on any atom is 0.0104 e. The summed E-state index contributed by atoms with van der Waals surface area (Å²) in [5.74, 6) is 1.73. The molecule has 1 aliphatic carbocycles. The number of hydrogen-bond acceptors (Lipinski definition) is 2. The van der Waals surface area contributed by atoms with Crippen molar-refractivity contribution < 1.29 is 0 Å². The van der Waals surface area contributed by atoms with Gasteiger partial charge in [-0.05, 0) is 38.3 Å². The summed E-state index contributed by atoms with van der Waals surface area (Å²) in [4.78, 5) is 2.52. The van der Waals surface area contributed by atoms with Crippen LogP contribution in [0.4, 0.5) is 0 Å². The third kappa shape index (κ3) is 7.77. The number of nitrogens with zero attached hydrogens (tertiary/aromatic N) is 1. The molecule has 1 fully saturated rings. The van der Waals surface area contributed by atoms with Crippen LogP contribution in [0.15, 0.2) is 0 Å². The van der Waals surface area contributed by atoms with Crippen molar-refractivity contribution >= 4 is 0 Å². The van der Waals surface area contributed by atoms with Crippen LogP contribution < -0.4 is 5.32 Å². The third-order valence-electron chi connectivity index (χ3n) is 3.77. The molecular formula is C15H32N2. The van der Waals surface area contributed by atoms with Gasteiger partial charge in [-0.25, -0.2) is 0 Å². The molecule has 0 atom stereocenters. The second-order valence-corrected chi connectivity index (χ2v) is 6.22. The van der Waals surface area contributed by atoms with Crippen LogP contribution in [-0.2, 0) is 0 Å². The zero-order chi connectivity index (χ0) is 12.5. The van der Waals surface area contributed by atoms with Crippen LogP contribution in [0.2, 0.25) is 0 Å². The van der Waals surface area contributed by atoms with Gasteiger partial charge in [0.25, 0.3) is 0 Å². The number of nitrogens with one attached hydrogen (secondary N) is 1. The Kier molecular flexibility index (Phi) is 7.87. The summed E-state index contributed by atoms with van der Waals surface area (Å²) in [6.07, 6.45) is 8.79. The first-order valence-electron chi connectivity index (χ1n) is 7.57. The van der Waals surface area contributed by atoms with E-state index in [1.165, 1.54) is 51.6 Å². The highest BCUT2D eigenvalue weighted by atomic mass is 15.1. The van der Waals surface area contributed by atoms with E-state index < -0.39 is 0 Å². The number of likely N-dealkylation sites (N-methyl/N-ethyl adjacent to an activating group) is 1. The van der Waals surface area contributed by atoms with Crippen LogP contribution in [0.5, 0.6) is 0 Å². The molecule has 17 heavy (non-hydrogen) atoms. The molecule has 1 aliphatic rings. The van der Waals surface area contributed by atoms with E-state index in [-0.39, 0.29) is 0 Å². The smallest absolute Gasteiger partial charge is 0.0104 e. The summed E-state index contributed by atoms with van der Waals surface area (Å²) in [7, 11) is 2.28.